The molecule has 2 fully saturated rings. The quantitative estimate of drug-likeness (QED) is 0.783. The maximum Gasteiger partial charge on any atom is 0.175 e. The highest BCUT2D eigenvalue weighted by Gasteiger charge is 2.60. The molecule has 5 nitrogen and oxygen atoms in total. The van der Waals surface area contributed by atoms with Crippen molar-refractivity contribution in [1.29, 1.82) is 5.26 Å². The van der Waals surface area contributed by atoms with Gasteiger partial charge in [0.25, 0.3) is 0 Å². The molecular weight excluding hydrogens is 278 g/mol. The Hall–Kier alpha value is -1.64. The van der Waals surface area contributed by atoms with Gasteiger partial charge in [0.2, 0.25) is 0 Å². The highest BCUT2D eigenvalue weighted by molar-refractivity contribution is 5.24. The molecule has 1 aliphatic heterocycles. The van der Waals surface area contributed by atoms with Gasteiger partial charge in [0.05, 0.1) is 12.3 Å². The summed E-state index contributed by atoms with van der Waals surface area (Å²) in [6.45, 7) is 6.64. The summed E-state index contributed by atoms with van der Waals surface area (Å²) in [6.07, 6.45) is 6.89. The molecule has 5 heteroatoms. The topological polar surface area (TPSA) is 60.1 Å². The second kappa shape index (κ2) is 5.53. The zero-order valence-corrected chi connectivity index (χ0v) is 13.3. The average molecular weight is 301 g/mol. The van der Waals surface area contributed by atoms with Gasteiger partial charge < -0.3 is 9.47 Å². The molecule has 0 amide bonds. The Morgan fingerprint density at radius 3 is 3.09 bits per heavy atom. The predicted molar refractivity (Wildman–Crippen MR) is 81.8 cm³/mol. The van der Waals surface area contributed by atoms with E-state index in [1.165, 1.54) is 0 Å². The van der Waals surface area contributed by atoms with E-state index in [4.69, 9.17) is 14.7 Å². The SMILES string of the molecule is C=CC[C@@]12CCC[C@]1(OC(C)c1cc(C#N)n(C)n1)OCC2. The van der Waals surface area contributed by atoms with E-state index in [9.17, 15) is 0 Å². The van der Waals surface area contributed by atoms with Crippen LogP contribution in [0.1, 0.15) is 56.5 Å². The van der Waals surface area contributed by atoms with Crippen molar-refractivity contribution >= 4 is 0 Å². The van der Waals surface area contributed by atoms with Crippen LogP contribution in [-0.2, 0) is 16.5 Å². The first-order valence-corrected chi connectivity index (χ1v) is 7.92. The van der Waals surface area contributed by atoms with Gasteiger partial charge in [0.1, 0.15) is 17.9 Å². The molecule has 0 radical (unpaired) electrons. The third-order valence-electron chi connectivity index (χ3n) is 5.22. The summed E-state index contributed by atoms with van der Waals surface area (Å²) < 4.78 is 14.1. The minimum atomic E-state index is -0.523. The minimum absolute atomic E-state index is 0.0514. The van der Waals surface area contributed by atoms with Crippen molar-refractivity contribution in [2.45, 2.75) is 50.9 Å². The first-order valence-electron chi connectivity index (χ1n) is 7.92. The maximum absolute atomic E-state index is 9.07. The monoisotopic (exact) mass is 301 g/mol. The first-order chi connectivity index (χ1) is 10.6. The van der Waals surface area contributed by atoms with E-state index in [1.54, 1.807) is 17.8 Å². The van der Waals surface area contributed by atoms with Crippen molar-refractivity contribution in [2.75, 3.05) is 6.61 Å². The van der Waals surface area contributed by atoms with Gasteiger partial charge in [0.15, 0.2) is 5.79 Å². The molecule has 1 unspecified atom stereocenters. The molecule has 22 heavy (non-hydrogen) atoms. The average Bonchev–Trinajstić information content (AvgIpc) is 3.10. The Morgan fingerprint density at radius 1 is 1.59 bits per heavy atom. The van der Waals surface area contributed by atoms with Crippen LogP contribution in [0.5, 0.6) is 0 Å². The van der Waals surface area contributed by atoms with Crippen LogP contribution in [-0.4, -0.2) is 22.2 Å². The molecule has 3 rings (SSSR count). The summed E-state index contributed by atoms with van der Waals surface area (Å²) >= 11 is 0. The van der Waals surface area contributed by atoms with Crippen LogP contribution in [0.15, 0.2) is 18.7 Å². The smallest absolute Gasteiger partial charge is 0.175 e. The highest BCUT2D eigenvalue weighted by Crippen LogP contribution is 2.59. The molecule has 0 N–H and O–H groups in total. The molecule has 1 saturated carbocycles. The number of aryl methyl sites for hydroxylation is 1. The molecule has 118 valence electrons. The normalized spacial score (nSPS) is 31.7. The summed E-state index contributed by atoms with van der Waals surface area (Å²) in [7, 11) is 1.77. The van der Waals surface area contributed by atoms with Crippen molar-refractivity contribution in [3.05, 3.63) is 30.1 Å². The number of fused-ring (bicyclic) bond motifs is 1. The van der Waals surface area contributed by atoms with E-state index >= 15 is 0 Å². The Bertz CT molecular complexity index is 604. The Kier molecular flexibility index (Phi) is 3.84. The van der Waals surface area contributed by atoms with E-state index in [0.29, 0.717) is 5.69 Å². The summed E-state index contributed by atoms with van der Waals surface area (Å²) in [5, 5.41) is 13.5. The van der Waals surface area contributed by atoms with Gasteiger partial charge in [-0.2, -0.15) is 10.4 Å². The maximum atomic E-state index is 9.07. The van der Waals surface area contributed by atoms with Gasteiger partial charge in [0, 0.05) is 24.9 Å². The Morgan fingerprint density at radius 2 is 2.41 bits per heavy atom. The molecule has 0 bridgehead atoms. The van der Waals surface area contributed by atoms with Gasteiger partial charge in [-0.3, -0.25) is 4.68 Å². The molecule has 1 aromatic rings. The van der Waals surface area contributed by atoms with Crippen LogP contribution < -0.4 is 0 Å². The van der Waals surface area contributed by atoms with Crippen LogP contribution in [0.3, 0.4) is 0 Å². The third kappa shape index (κ3) is 2.18. The van der Waals surface area contributed by atoms with E-state index in [-0.39, 0.29) is 11.5 Å². The van der Waals surface area contributed by atoms with Gasteiger partial charge in [-0.25, -0.2) is 0 Å². The van der Waals surface area contributed by atoms with E-state index in [0.717, 1.165) is 44.4 Å². The van der Waals surface area contributed by atoms with Crippen molar-refractivity contribution in [3.63, 3.8) is 0 Å². The minimum Gasteiger partial charge on any atom is -0.349 e. The van der Waals surface area contributed by atoms with Crippen LogP contribution in [0.2, 0.25) is 0 Å². The number of allylic oxidation sites excluding steroid dienone is 1. The zero-order valence-electron chi connectivity index (χ0n) is 13.3. The molecule has 0 aromatic carbocycles. The van der Waals surface area contributed by atoms with Gasteiger partial charge in [-0.05, 0) is 32.6 Å². The molecule has 1 aliphatic carbocycles. The van der Waals surface area contributed by atoms with Crippen LogP contribution in [0.25, 0.3) is 0 Å². The van der Waals surface area contributed by atoms with Crippen molar-refractivity contribution in [3.8, 4) is 6.07 Å². The second-order valence-corrected chi connectivity index (χ2v) is 6.43. The zero-order chi connectivity index (χ0) is 15.8. The van der Waals surface area contributed by atoms with Crippen LogP contribution >= 0.6 is 0 Å². The largest absolute Gasteiger partial charge is 0.349 e. The first kappa shape index (κ1) is 15.3. The molecule has 0 spiro atoms. The van der Waals surface area contributed by atoms with Gasteiger partial charge >= 0.3 is 0 Å². The molecule has 2 aliphatic rings. The number of ether oxygens (including phenoxy) is 2. The summed E-state index contributed by atoms with van der Waals surface area (Å²) in [5.41, 5.74) is 1.37. The summed E-state index contributed by atoms with van der Waals surface area (Å²) in [4.78, 5) is 0. The number of nitrogens with zero attached hydrogens (tertiary/aromatic N) is 3. The van der Waals surface area contributed by atoms with Crippen LogP contribution in [0.4, 0.5) is 0 Å². The number of aromatic nitrogens is 2. The van der Waals surface area contributed by atoms with Crippen LogP contribution in [0, 0.1) is 16.7 Å². The van der Waals surface area contributed by atoms with Crippen molar-refractivity contribution in [1.82, 2.24) is 9.78 Å². The lowest BCUT2D eigenvalue weighted by Gasteiger charge is -2.40. The van der Waals surface area contributed by atoms with Crippen molar-refractivity contribution in [2.24, 2.45) is 12.5 Å². The molecule has 1 saturated heterocycles. The summed E-state index contributed by atoms with van der Waals surface area (Å²) in [6, 6.07) is 3.93. The number of hydrogen-bond donors (Lipinski definition) is 0. The fourth-order valence-corrected chi connectivity index (χ4v) is 4.06. The number of hydrogen-bond acceptors (Lipinski definition) is 4. The number of nitriles is 1. The fraction of sp³-hybridized carbons (Fsp3) is 0.647. The lowest BCUT2D eigenvalue weighted by molar-refractivity contribution is -0.268. The second-order valence-electron chi connectivity index (χ2n) is 6.43. The molecular formula is C17H23N3O2. The predicted octanol–water partition coefficient (Wildman–Crippen LogP) is 3.23. The van der Waals surface area contributed by atoms with Gasteiger partial charge in [-0.1, -0.05) is 6.08 Å². The number of rotatable bonds is 5. The van der Waals surface area contributed by atoms with Crippen molar-refractivity contribution < 1.29 is 9.47 Å². The van der Waals surface area contributed by atoms with Gasteiger partial charge in [-0.15, -0.1) is 6.58 Å². The lowest BCUT2D eigenvalue weighted by Crippen LogP contribution is -2.43. The Balaban J connectivity index is 1.84. The molecule has 1 aromatic heterocycles. The Labute approximate surface area is 131 Å². The van der Waals surface area contributed by atoms with E-state index < -0.39 is 5.79 Å². The highest BCUT2D eigenvalue weighted by atomic mass is 16.7. The lowest BCUT2D eigenvalue weighted by atomic mass is 9.77. The third-order valence-corrected chi connectivity index (χ3v) is 5.22. The van der Waals surface area contributed by atoms with E-state index in [1.807, 2.05) is 13.0 Å². The standard InChI is InChI=1S/C17H23N3O2/c1-4-6-16-7-5-8-17(16,21-10-9-16)22-13(2)15-11-14(12-18)20(3)19-15/h4,11,13H,1,5-10H2,2-3H3/t13?,16-,17+/m0/s1. The van der Waals surface area contributed by atoms with E-state index in [2.05, 4.69) is 17.7 Å². The molecule has 3 atom stereocenters. The fourth-order valence-electron chi connectivity index (χ4n) is 4.06. The summed E-state index contributed by atoms with van der Waals surface area (Å²) in [5.74, 6) is -0.523. The molecule has 2 heterocycles.